The number of amides is 1. The Hall–Kier alpha value is -0.570. The highest BCUT2D eigenvalue weighted by Gasteiger charge is 2.52. The van der Waals surface area contributed by atoms with Gasteiger partial charge in [0, 0.05) is 19.0 Å². The number of carbonyl (C=O) groups excluding carboxylic acids is 1. The number of rotatable bonds is 1. The summed E-state index contributed by atoms with van der Waals surface area (Å²) in [4.78, 5) is 14.5. The molecule has 3 fully saturated rings. The molecule has 3 aliphatic rings. The van der Waals surface area contributed by atoms with Crippen LogP contribution in [-0.4, -0.2) is 37.0 Å². The first kappa shape index (κ1) is 11.5. The summed E-state index contributed by atoms with van der Waals surface area (Å²) >= 11 is 0. The molecule has 96 valence electrons. The maximum atomic E-state index is 12.4. The third-order valence-corrected chi connectivity index (χ3v) is 5.14. The number of nitrogens with zero attached hydrogens (tertiary/aromatic N) is 1. The summed E-state index contributed by atoms with van der Waals surface area (Å²) in [7, 11) is 0. The Morgan fingerprint density at radius 3 is 2.18 bits per heavy atom. The van der Waals surface area contributed by atoms with E-state index in [0.717, 1.165) is 31.3 Å². The molecule has 1 saturated carbocycles. The van der Waals surface area contributed by atoms with E-state index in [1.807, 2.05) is 0 Å². The van der Waals surface area contributed by atoms with Gasteiger partial charge in [-0.05, 0) is 49.6 Å². The van der Waals surface area contributed by atoms with E-state index in [1.165, 1.54) is 25.9 Å². The van der Waals surface area contributed by atoms with Crippen LogP contribution in [0.25, 0.3) is 0 Å². The highest BCUT2D eigenvalue weighted by atomic mass is 16.2. The molecule has 3 atom stereocenters. The Morgan fingerprint density at radius 2 is 1.71 bits per heavy atom. The van der Waals surface area contributed by atoms with Gasteiger partial charge < -0.3 is 10.2 Å². The monoisotopic (exact) mass is 236 g/mol. The van der Waals surface area contributed by atoms with Crippen LogP contribution in [0.1, 0.15) is 33.1 Å². The summed E-state index contributed by atoms with van der Waals surface area (Å²) in [6, 6.07) is 0. The van der Waals surface area contributed by atoms with Crippen molar-refractivity contribution < 1.29 is 4.79 Å². The average molecular weight is 236 g/mol. The van der Waals surface area contributed by atoms with E-state index < -0.39 is 0 Å². The van der Waals surface area contributed by atoms with Crippen molar-refractivity contribution in [3.8, 4) is 0 Å². The second kappa shape index (κ2) is 3.98. The highest BCUT2D eigenvalue weighted by Crippen LogP contribution is 2.52. The molecule has 1 amide bonds. The molecule has 0 aromatic rings. The maximum Gasteiger partial charge on any atom is 0.226 e. The van der Waals surface area contributed by atoms with E-state index in [2.05, 4.69) is 24.1 Å². The quantitative estimate of drug-likeness (QED) is 0.748. The zero-order chi connectivity index (χ0) is 12.0. The predicted molar refractivity (Wildman–Crippen MR) is 67.6 cm³/mol. The Balaban J connectivity index is 1.60. The second-order valence-corrected chi connectivity index (χ2v) is 6.83. The van der Waals surface area contributed by atoms with E-state index in [-0.39, 0.29) is 5.41 Å². The Bertz CT molecular complexity index is 312. The van der Waals surface area contributed by atoms with Crippen LogP contribution in [0.3, 0.4) is 0 Å². The van der Waals surface area contributed by atoms with Crippen LogP contribution in [0.2, 0.25) is 0 Å². The van der Waals surface area contributed by atoms with Crippen molar-refractivity contribution in [3.05, 3.63) is 0 Å². The minimum Gasteiger partial charge on any atom is -0.342 e. The molecule has 2 saturated heterocycles. The van der Waals surface area contributed by atoms with Crippen molar-refractivity contribution in [2.75, 3.05) is 26.2 Å². The number of hydrogen-bond acceptors (Lipinski definition) is 2. The van der Waals surface area contributed by atoms with Crippen LogP contribution in [-0.2, 0) is 4.79 Å². The van der Waals surface area contributed by atoms with E-state index >= 15 is 0 Å². The van der Waals surface area contributed by atoms with Crippen LogP contribution in [0.15, 0.2) is 0 Å². The van der Waals surface area contributed by atoms with Crippen LogP contribution in [0, 0.1) is 23.2 Å². The lowest BCUT2D eigenvalue weighted by molar-refractivity contribution is -0.133. The largest absolute Gasteiger partial charge is 0.342 e. The molecule has 0 spiro atoms. The standard InChI is InChI=1S/C14H24N2O/c1-14(2)7-12(14)13(17)16-5-3-10-8-15-9-11(10)4-6-16/h10-12,15H,3-9H2,1-2H3/t10-,11+,12?. The summed E-state index contributed by atoms with van der Waals surface area (Å²) in [6.07, 6.45) is 3.50. The first-order chi connectivity index (χ1) is 8.08. The van der Waals surface area contributed by atoms with Gasteiger partial charge in [0.1, 0.15) is 0 Å². The second-order valence-electron chi connectivity index (χ2n) is 6.83. The molecule has 0 radical (unpaired) electrons. The summed E-state index contributed by atoms with van der Waals surface area (Å²) in [5, 5.41) is 3.48. The van der Waals surface area contributed by atoms with Gasteiger partial charge in [-0.25, -0.2) is 0 Å². The molecule has 3 rings (SSSR count). The molecule has 17 heavy (non-hydrogen) atoms. The lowest BCUT2D eigenvalue weighted by Gasteiger charge is -2.21. The van der Waals surface area contributed by atoms with Gasteiger partial charge in [0.15, 0.2) is 0 Å². The Labute approximate surface area is 104 Å². The summed E-state index contributed by atoms with van der Waals surface area (Å²) in [5.41, 5.74) is 0.279. The fourth-order valence-corrected chi connectivity index (χ4v) is 3.55. The summed E-state index contributed by atoms with van der Waals surface area (Å²) in [5.74, 6) is 2.39. The van der Waals surface area contributed by atoms with Gasteiger partial charge in [-0.15, -0.1) is 0 Å². The molecule has 1 unspecified atom stereocenters. The normalized spacial score (nSPS) is 39.6. The van der Waals surface area contributed by atoms with E-state index in [1.54, 1.807) is 0 Å². The van der Waals surface area contributed by atoms with Crippen LogP contribution >= 0.6 is 0 Å². The molecule has 0 bridgehead atoms. The topological polar surface area (TPSA) is 32.3 Å². The summed E-state index contributed by atoms with van der Waals surface area (Å²) in [6.45, 7) is 8.75. The average Bonchev–Trinajstić information content (AvgIpc) is 2.78. The fourth-order valence-electron chi connectivity index (χ4n) is 3.55. The molecular weight excluding hydrogens is 212 g/mol. The third-order valence-electron chi connectivity index (χ3n) is 5.14. The molecule has 0 aromatic heterocycles. The van der Waals surface area contributed by atoms with Crippen molar-refractivity contribution in [2.24, 2.45) is 23.2 Å². The zero-order valence-electron chi connectivity index (χ0n) is 11.0. The minimum atomic E-state index is 0.279. The van der Waals surface area contributed by atoms with Crippen molar-refractivity contribution in [1.82, 2.24) is 10.2 Å². The minimum absolute atomic E-state index is 0.279. The maximum absolute atomic E-state index is 12.4. The fraction of sp³-hybridized carbons (Fsp3) is 0.929. The summed E-state index contributed by atoms with van der Waals surface area (Å²) < 4.78 is 0. The Morgan fingerprint density at radius 1 is 1.18 bits per heavy atom. The number of hydrogen-bond donors (Lipinski definition) is 1. The molecule has 1 N–H and O–H groups in total. The molecular formula is C14H24N2O. The van der Waals surface area contributed by atoms with Gasteiger partial charge >= 0.3 is 0 Å². The third kappa shape index (κ3) is 2.10. The lowest BCUT2D eigenvalue weighted by Crippen LogP contribution is -2.34. The highest BCUT2D eigenvalue weighted by molar-refractivity contribution is 5.82. The SMILES string of the molecule is CC1(C)CC1C(=O)N1CC[C@@H]2CNC[C@@H]2CC1. The van der Waals surface area contributed by atoms with Gasteiger partial charge in [0.25, 0.3) is 0 Å². The van der Waals surface area contributed by atoms with Gasteiger partial charge in [-0.3, -0.25) is 4.79 Å². The van der Waals surface area contributed by atoms with Gasteiger partial charge in [0.2, 0.25) is 5.91 Å². The lowest BCUT2D eigenvalue weighted by atomic mass is 9.92. The van der Waals surface area contributed by atoms with Crippen LogP contribution in [0.5, 0.6) is 0 Å². The zero-order valence-corrected chi connectivity index (χ0v) is 11.0. The van der Waals surface area contributed by atoms with Gasteiger partial charge in [0.05, 0.1) is 0 Å². The first-order valence-electron chi connectivity index (χ1n) is 7.07. The van der Waals surface area contributed by atoms with E-state index in [4.69, 9.17) is 0 Å². The molecule has 2 aliphatic heterocycles. The van der Waals surface area contributed by atoms with Crippen molar-refractivity contribution in [3.63, 3.8) is 0 Å². The Kier molecular flexibility index (Phi) is 2.69. The molecule has 3 heteroatoms. The van der Waals surface area contributed by atoms with Gasteiger partial charge in [-0.2, -0.15) is 0 Å². The van der Waals surface area contributed by atoms with Crippen molar-refractivity contribution in [2.45, 2.75) is 33.1 Å². The van der Waals surface area contributed by atoms with Crippen LogP contribution < -0.4 is 5.32 Å². The molecule has 0 aromatic carbocycles. The first-order valence-corrected chi connectivity index (χ1v) is 7.07. The van der Waals surface area contributed by atoms with Gasteiger partial charge in [-0.1, -0.05) is 13.8 Å². The smallest absolute Gasteiger partial charge is 0.226 e. The number of likely N-dealkylation sites (tertiary alicyclic amines) is 1. The van der Waals surface area contributed by atoms with Crippen molar-refractivity contribution in [1.29, 1.82) is 0 Å². The van der Waals surface area contributed by atoms with E-state index in [0.29, 0.717) is 11.8 Å². The molecule has 1 aliphatic carbocycles. The van der Waals surface area contributed by atoms with Crippen LogP contribution in [0.4, 0.5) is 0 Å². The number of carbonyl (C=O) groups is 1. The number of nitrogens with one attached hydrogen (secondary N) is 1. The molecule has 2 heterocycles. The van der Waals surface area contributed by atoms with E-state index in [9.17, 15) is 4.79 Å². The predicted octanol–water partition coefficient (Wildman–Crippen LogP) is 1.49. The number of fused-ring (bicyclic) bond motifs is 1. The van der Waals surface area contributed by atoms with Crippen molar-refractivity contribution >= 4 is 5.91 Å². The molecule has 3 nitrogen and oxygen atoms in total.